The number of hydrogen-bond acceptors (Lipinski definition) is 7. The Balaban J connectivity index is 1.61. The van der Waals surface area contributed by atoms with Crippen LogP contribution in [0, 0.1) is 6.92 Å². The summed E-state index contributed by atoms with van der Waals surface area (Å²) < 4.78 is 18.9. The summed E-state index contributed by atoms with van der Waals surface area (Å²) in [5, 5.41) is 11.4. The molecule has 1 aliphatic rings. The SMILES string of the molecule is CCC(C)(C)NC(=O)[C@H](c1ccc(C)o1)N(C(=O)Cn1nnc2ccccc21)c1ccc2c(c1)OCCO2. The maximum absolute atomic E-state index is 14.1. The molecule has 3 heterocycles. The number of nitrogens with one attached hydrogen (secondary N) is 1. The standard InChI is InChI=1S/C28H31N5O5/c1-5-28(3,4)29-27(35)26(23-12-10-18(2)38-23)33(19-11-13-22-24(16-19)37-15-14-36-22)25(34)17-32-21-9-7-6-8-20(21)30-31-32/h6-13,16,26H,5,14-15,17H2,1-4H3,(H,29,35)/t26-/m0/s1. The van der Waals surface area contributed by atoms with Crippen molar-refractivity contribution >= 4 is 28.5 Å². The average Bonchev–Trinajstić information content (AvgIpc) is 3.52. The number of carbonyl (C=O) groups is 2. The van der Waals surface area contributed by atoms with Crippen LogP contribution in [0.3, 0.4) is 0 Å². The number of rotatable bonds is 8. The van der Waals surface area contributed by atoms with E-state index in [-0.39, 0.29) is 18.4 Å². The number of carbonyl (C=O) groups excluding carboxylic acids is 2. The van der Waals surface area contributed by atoms with Crippen LogP contribution in [0.1, 0.15) is 44.8 Å². The van der Waals surface area contributed by atoms with Crippen LogP contribution in [0.5, 0.6) is 11.5 Å². The Labute approximate surface area is 220 Å². The van der Waals surface area contributed by atoms with Crippen molar-refractivity contribution in [1.82, 2.24) is 20.3 Å². The van der Waals surface area contributed by atoms with Gasteiger partial charge in [0.1, 0.15) is 36.8 Å². The lowest BCUT2D eigenvalue weighted by Crippen LogP contribution is -2.51. The fourth-order valence-corrected chi connectivity index (χ4v) is 4.32. The normalized spacial score (nSPS) is 13.8. The fourth-order valence-electron chi connectivity index (χ4n) is 4.32. The van der Waals surface area contributed by atoms with Crippen LogP contribution in [0.4, 0.5) is 5.69 Å². The maximum atomic E-state index is 14.1. The van der Waals surface area contributed by atoms with E-state index < -0.39 is 11.6 Å². The highest BCUT2D eigenvalue weighted by atomic mass is 16.6. The van der Waals surface area contributed by atoms with Gasteiger partial charge in [-0.3, -0.25) is 14.5 Å². The Bertz CT molecular complexity index is 1470. The molecule has 4 aromatic rings. The van der Waals surface area contributed by atoms with Crippen molar-refractivity contribution in [3.05, 3.63) is 66.1 Å². The molecule has 198 valence electrons. The number of amides is 2. The van der Waals surface area contributed by atoms with E-state index in [4.69, 9.17) is 13.9 Å². The third-order valence-corrected chi connectivity index (χ3v) is 6.66. The van der Waals surface area contributed by atoms with Crippen LogP contribution in [0.15, 0.2) is 59.0 Å². The second kappa shape index (κ2) is 10.2. The van der Waals surface area contributed by atoms with Crippen LogP contribution in [-0.2, 0) is 16.1 Å². The molecule has 2 amide bonds. The summed E-state index contributed by atoms with van der Waals surface area (Å²) in [5.74, 6) is 1.32. The van der Waals surface area contributed by atoms with Gasteiger partial charge < -0.3 is 19.2 Å². The number of fused-ring (bicyclic) bond motifs is 2. The van der Waals surface area contributed by atoms with E-state index in [0.717, 1.165) is 0 Å². The van der Waals surface area contributed by atoms with E-state index in [1.54, 1.807) is 37.3 Å². The van der Waals surface area contributed by atoms with E-state index in [2.05, 4.69) is 15.6 Å². The molecule has 38 heavy (non-hydrogen) atoms. The van der Waals surface area contributed by atoms with Crippen molar-refractivity contribution in [2.24, 2.45) is 0 Å². The number of aromatic nitrogens is 3. The summed E-state index contributed by atoms with van der Waals surface area (Å²) in [6.45, 7) is 8.35. The number of nitrogens with zero attached hydrogens (tertiary/aromatic N) is 4. The molecular formula is C28H31N5O5. The molecule has 1 aliphatic heterocycles. The van der Waals surface area contributed by atoms with Crippen molar-refractivity contribution in [3.8, 4) is 11.5 Å². The summed E-state index contributed by atoms with van der Waals surface area (Å²) in [7, 11) is 0. The molecule has 10 heteroatoms. The first-order valence-electron chi connectivity index (χ1n) is 12.6. The van der Waals surface area contributed by atoms with Crippen LogP contribution in [0.25, 0.3) is 11.0 Å². The lowest BCUT2D eigenvalue weighted by Gasteiger charge is -2.34. The van der Waals surface area contributed by atoms with Crippen LogP contribution in [-0.4, -0.2) is 45.6 Å². The Morgan fingerprint density at radius 1 is 1.08 bits per heavy atom. The first-order chi connectivity index (χ1) is 18.3. The van der Waals surface area contributed by atoms with Crippen molar-refractivity contribution in [2.45, 2.75) is 52.2 Å². The molecule has 0 unspecified atom stereocenters. The zero-order valence-electron chi connectivity index (χ0n) is 21.9. The number of aryl methyl sites for hydroxylation is 1. The Morgan fingerprint density at radius 2 is 1.84 bits per heavy atom. The Kier molecular flexibility index (Phi) is 6.79. The van der Waals surface area contributed by atoms with Gasteiger partial charge in [0.2, 0.25) is 5.91 Å². The summed E-state index contributed by atoms with van der Waals surface area (Å²) in [4.78, 5) is 29.5. The van der Waals surface area contributed by atoms with Crippen molar-refractivity contribution < 1.29 is 23.5 Å². The first kappa shape index (κ1) is 25.3. The van der Waals surface area contributed by atoms with Crippen LogP contribution < -0.4 is 19.7 Å². The van der Waals surface area contributed by atoms with Gasteiger partial charge in [0.25, 0.3) is 5.91 Å². The zero-order valence-corrected chi connectivity index (χ0v) is 21.9. The van der Waals surface area contributed by atoms with Gasteiger partial charge in [-0.1, -0.05) is 24.3 Å². The highest BCUT2D eigenvalue weighted by Gasteiger charge is 2.38. The van der Waals surface area contributed by atoms with E-state index in [1.165, 1.54) is 9.58 Å². The van der Waals surface area contributed by atoms with Gasteiger partial charge in [-0.25, -0.2) is 4.68 Å². The van der Waals surface area contributed by atoms with Gasteiger partial charge in [-0.2, -0.15) is 0 Å². The van der Waals surface area contributed by atoms with E-state index in [1.807, 2.05) is 45.0 Å². The topological polar surface area (TPSA) is 112 Å². The van der Waals surface area contributed by atoms with Crippen LogP contribution >= 0.6 is 0 Å². The molecular weight excluding hydrogens is 486 g/mol. The predicted octanol–water partition coefficient (Wildman–Crippen LogP) is 4.18. The Hall–Kier alpha value is -4.34. The number of benzene rings is 2. The molecule has 0 aliphatic carbocycles. The molecule has 10 nitrogen and oxygen atoms in total. The van der Waals surface area contributed by atoms with Crippen molar-refractivity contribution in [1.29, 1.82) is 0 Å². The minimum absolute atomic E-state index is 0.143. The molecule has 0 spiro atoms. The Morgan fingerprint density at radius 3 is 2.58 bits per heavy atom. The summed E-state index contributed by atoms with van der Waals surface area (Å²) in [6.07, 6.45) is 0.700. The van der Waals surface area contributed by atoms with Crippen molar-refractivity contribution in [3.63, 3.8) is 0 Å². The van der Waals surface area contributed by atoms with E-state index >= 15 is 0 Å². The van der Waals surface area contributed by atoms with E-state index in [0.29, 0.717) is 59.4 Å². The fraction of sp³-hybridized carbons (Fsp3) is 0.357. The lowest BCUT2D eigenvalue weighted by atomic mass is 10.0. The molecule has 0 bridgehead atoms. The molecule has 0 fully saturated rings. The highest BCUT2D eigenvalue weighted by molar-refractivity contribution is 6.01. The molecule has 5 rings (SSSR count). The number of para-hydroxylation sites is 1. The lowest BCUT2D eigenvalue weighted by molar-refractivity contribution is -0.128. The molecule has 1 N–H and O–H groups in total. The monoisotopic (exact) mass is 517 g/mol. The second-order valence-corrected chi connectivity index (χ2v) is 9.91. The third kappa shape index (κ3) is 5.06. The number of hydrogen-bond donors (Lipinski definition) is 1. The third-order valence-electron chi connectivity index (χ3n) is 6.66. The van der Waals surface area contributed by atoms with Gasteiger partial charge in [-0.15, -0.1) is 5.10 Å². The summed E-state index contributed by atoms with van der Waals surface area (Å²) in [5.41, 5.74) is 1.35. The second-order valence-electron chi connectivity index (χ2n) is 9.91. The molecule has 1 atom stereocenters. The van der Waals surface area contributed by atoms with Gasteiger partial charge >= 0.3 is 0 Å². The quantitative estimate of drug-likeness (QED) is 0.373. The van der Waals surface area contributed by atoms with Gasteiger partial charge in [0, 0.05) is 17.3 Å². The van der Waals surface area contributed by atoms with Gasteiger partial charge in [-0.05, 0) is 63.6 Å². The molecule has 2 aromatic heterocycles. The highest BCUT2D eigenvalue weighted by Crippen LogP contribution is 2.38. The molecule has 0 saturated heterocycles. The minimum Gasteiger partial charge on any atom is -0.486 e. The van der Waals surface area contributed by atoms with Crippen molar-refractivity contribution in [2.75, 3.05) is 18.1 Å². The average molecular weight is 518 g/mol. The summed E-state index contributed by atoms with van der Waals surface area (Å²) in [6, 6.07) is 15.0. The first-order valence-corrected chi connectivity index (χ1v) is 12.6. The molecule has 0 saturated carbocycles. The van der Waals surface area contributed by atoms with E-state index in [9.17, 15) is 9.59 Å². The zero-order chi connectivity index (χ0) is 26.9. The predicted molar refractivity (Wildman–Crippen MR) is 141 cm³/mol. The number of furan rings is 1. The molecule has 2 aromatic carbocycles. The summed E-state index contributed by atoms with van der Waals surface area (Å²) >= 11 is 0. The largest absolute Gasteiger partial charge is 0.486 e. The van der Waals surface area contributed by atoms with Gasteiger partial charge in [0.15, 0.2) is 17.5 Å². The van der Waals surface area contributed by atoms with Gasteiger partial charge in [0.05, 0.1) is 5.52 Å². The minimum atomic E-state index is -1.08. The number of ether oxygens (including phenoxy) is 2. The van der Waals surface area contributed by atoms with Crippen LogP contribution in [0.2, 0.25) is 0 Å². The number of anilines is 1. The molecule has 0 radical (unpaired) electrons. The maximum Gasteiger partial charge on any atom is 0.251 e. The smallest absolute Gasteiger partial charge is 0.251 e.